The molecule has 6 aromatic rings. The van der Waals surface area contributed by atoms with E-state index in [1.807, 2.05) is 30.3 Å². The van der Waals surface area contributed by atoms with Gasteiger partial charge in [0.15, 0.2) is 16.2 Å². The maximum Gasteiger partial charge on any atom is 0.416 e. The number of nitrogens with zero attached hydrogens (tertiary/aromatic N) is 6. The van der Waals surface area contributed by atoms with Gasteiger partial charge in [-0.25, -0.2) is 23.0 Å². The van der Waals surface area contributed by atoms with Gasteiger partial charge < -0.3 is 9.30 Å². The summed E-state index contributed by atoms with van der Waals surface area (Å²) >= 11 is 0. The van der Waals surface area contributed by atoms with Crippen molar-refractivity contribution in [3.05, 3.63) is 127 Å². The molecular formula is C38H35F3N6O7S. The van der Waals surface area contributed by atoms with Gasteiger partial charge in [0.05, 0.1) is 19.0 Å². The van der Waals surface area contributed by atoms with Crippen molar-refractivity contribution in [1.29, 1.82) is 0 Å². The molecule has 286 valence electrons. The van der Waals surface area contributed by atoms with Gasteiger partial charge in [-0.2, -0.15) is 17.5 Å². The highest BCUT2D eigenvalue weighted by atomic mass is 32.2. The van der Waals surface area contributed by atoms with Crippen LogP contribution in [-0.2, 0) is 52.8 Å². The first-order valence-electron chi connectivity index (χ1n) is 17.2. The Labute approximate surface area is 311 Å². The number of hydrogen-bond acceptors (Lipinski definition) is 8. The Morgan fingerprint density at radius 1 is 0.909 bits per heavy atom. The minimum Gasteiger partial charge on any atom is -0.467 e. The van der Waals surface area contributed by atoms with E-state index in [4.69, 9.17) is 4.74 Å². The van der Waals surface area contributed by atoms with Gasteiger partial charge in [-0.3, -0.25) is 23.3 Å². The Bertz CT molecular complexity index is 2800. The van der Waals surface area contributed by atoms with Crippen molar-refractivity contribution in [2.24, 2.45) is 14.1 Å². The van der Waals surface area contributed by atoms with E-state index in [0.29, 0.717) is 12.0 Å². The molecule has 0 amide bonds. The van der Waals surface area contributed by atoms with Gasteiger partial charge in [0.2, 0.25) is 0 Å². The molecule has 17 heteroatoms. The summed E-state index contributed by atoms with van der Waals surface area (Å²) in [6.07, 6.45) is -2.84. The number of rotatable bonds is 9. The minimum atomic E-state index is -4.77. The third kappa shape index (κ3) is 6.56. The zero-order valence-corrected chi connectivity index (χ0v) is 30.7. The maximum atomic E-state index is 14.8. The molecule has 0 saturated heterocycles. The molecule has 13 nitrogen and oxygen atoms in total. The zero-order valence-electron chi connectivity index (χ0n) is 29.9. The quantitative estimate of drug-likeness (QED) is 0.157. The van der Waals surface area contributed by atoms with Crippen LogP contribution in [0.4, 0.5) is 13.2 Å². The van der Waals surface area contributed by atoms with Gasteiger partial charge >= 0.3 is 17.8 Å². The van der Waals surface area contributed by atoms with Gasteiger partial charge in [-0.05, 0) is 58.9 Å². The van der Waals surface area contributed by atoms with Crippen molar-refractivity contribution in [3.63, 3.8) is 0 Å². The van der Waals surface area contributed by atoms with Crippen LogP contribution in [0.15, 0.2) is 98.5 Å². The fraction of sp³-hybridized carbons (Fsp3) is 0.289. The van der Waals surface area contributed by atoms with Crippen LogP contribution in [0.1, 0.15) is 35.6 Å². The average Bonchev–Trinajstić information content (AvgIpc) is 3.59. The van der Waals surface area contributed by atoms with E-state index >= 15 is 0 Å². The van der Waals surface area contributed by atoms with Crippen LogP contribution in [0, 0.1) is 0 Å². The normalized spacial score (nSPS) is 15.7. The summed E-state index contributed by atoms with van der Waals surface area (Å²) in [5.74, 6) is -0.911. The van der Waals surface area contributed by atoms with Crippen molar-refractivity contribution in [3.8, 4) is 11.1 Å². The molecule has 1 aliphatic rings. The molecule has 3 aromatic heterocycles. The van der Waals surface area contributed by atoms with E-state index < -0.39 is 62.2 Å². The number of imidazole rings is 1. The second-order valence-corrected chi connectivity index (χ2v) is 15.2. The number of aryl methyl sites for hydroxylation is 2. The Morgan fingerprint density at radius 2 is 1.62 bits per heavy atom. The minimum absolute atomic E-state index is 0.0155. The largest absolute Gasteiger partial charge is 0.467 e. The molecule has 0 N–H and O–H groups in total. The zero-order chi connectivity index (χ0) is 39.4. The number of aromatic nitrogens is 5. The standard InChI is InChI=1S/C38H35F3N6O7S/c1-43-33-32(34(49)44(2)37(43)51)45(22-42-33)16-6-7-17-46-21-29(36(50)54-3)47-30(48)20-26(18-24-12-8-11-23-10-4-5-15-28(23)24)31(35(47)55(46,52)53)25-13-9-14-27(19-25)38(39,40)41/h4-5,8-15,19-20,22,29H,6-7,16-18,21H2,1-3H3. The van der Waals surface area contributed by atoms with Crippen LogP contribution >= 0.6 is 0 Å². The summed E-state index contributed by atoms with van der Waals surface area (Å²) in [6, 6.07) is 16.8. The number of methoxy groups -OCH3 is 1. The van der Waals surface area contributed by atoms with Crippen molar-refractivity contribution >= 4 is 37.9 Å². The highest BCUT2D eigenvalue weighted by molar-refractivity contribution is 7.89. The Morgan fingerprint density at radius 3 is 2.36 bits per heavy atom. The highest BCUT2D eigenvalue weighted by Crippen LogP contribution is 2.40. The van der Waals surface area contributed by atoms with Crippen molar-refractivity contribution in [2.75, 3.05) is 20.2 Å². The van der Waals surface area contributed by atoms with Gasteiger partial charge in [0.1, 0.15) is 6.04 Å². The summed E-state index contributed by atoms with van der Waals surface area (Å²) in [6.45, 7) is -0.398. The van der Waals surface area contributed by atoms with Crippen molar-refractivity contribution in [1.82, 2.24) is 27.6 Å². The second-order valence-electron chi connectivity index (χ2n) is 13.4. The molecule has 1 aliphatic heterocycles. The highest BCUT2D eigenvalue weighted by Gasteiger charge is 2.44. The third-order valence-electron chi connectivity index (χ3n) is 10.0. The molecule has 4 heterocycles. The topological polar surface area (TPSA) is 148 Å². The molecule has 0 bridgehead atoms. The first-order chi connectivity index (χ1) is 26.1. The lowest BCUT2D eigenvalue weighted by molar-refractivity contribution is -0.145. The number of pyridine rings is 1. The molecule has 0 radical (unpaired) electrons. The Hall–Kier alpha value is -5.81. The maximum absolute atomic E-state index is 14.8. The molecule has 1 atom stereocenters. The molecule has 0 saturated carbocycles. The fourth-order valence-corrected chi connectivity index (χ4v) is 9.23. The number of esters is 1. The van der Waals surface area contributed by atoms with Crippen LogP contribution in [0.3, 0.4) is 0 Å². The van der Waals surface area contributed by atoms with Crippen LogP contribution in [0.2, 0.25) is 0 Å². The number of fused-ring (bicyclic) bond motifs is 3. The number of unbranched alkanes of at least 4 members (excludes halogenated alkanes) is 1. The fourth-order valence-electron chi connectivity index (χ4n) is 7.31. The van der Waals surface area contributed by atoms with Gasteiger partial charge in [-0.1, -0.05) is 54.6 Å². The molecule has 3 aromatic carbocycles. The average molecular weight is 777 g/mol. The van der Waals surface area contributed by atoms with E-state index in [1.165, 1.54) is 37.1 Å². The number of ether oxygens (including phenoxy) is 1. The summed E-state index contributed by atoms with van der Waals surface area (Å²) in [5.41, 5.74) is -1.94. The summed E-state index contributed by atoms with van der Waals surface area (Å²) < 4.78 is 82.4. The third-order valence-corrected chi connectivity index (χ3v) is 11.9. The summed E-state index contributed by atoms with van der Waals surface area (Å²) in [5, 5.41) is 1.06. The van der Waals surface area contributed by atoms with Crippen molar-refractivity contribution in [2.45, 2.75) is 43.1 Å². The van der Waals surface area contributed by atoms with E-state index in [-0.39, 0.29) is 53.8 Å². The first kappa shape index (κ1) is 37.5. The number of hydrogen-bond donors (Lipinski definition) is 0. The van der Waals surface area contributed by atoms with Gasteiger partial charge in [-0.15, -0.1) is 0 Å². The predicted molar refractivity (Wildman–Crippen MR) is 197 cm³/mol. The van der Waals surface area contributed by atoms with Crippen LogP contribution in [-0.4, -0.2) is 62.1 Å². The Balaban J connectivity index is 1.33. The van der Waals surface area contributed by atoms with Gasteiger partial charge in [0.25, 0.3) is 21.1 Å². The van der Waals surface area contributed by atoms with Crippen LogP contribution in [0.25, 0.3) is 33.1 Å². The van der Waals surface area contributed by atoms with E-state index in [1.54, 1.807) is 16.7 Å². The molecule has 0 spiro atoms. The number of benzene rings is 3. The van der Waals surface area contributed by atoms with Crippen LogP contribution in [0.5, 0.6) is 0 Å². The molecule has 0 aliphatic carbocycles. The number of carbonyl (C=O) groups is 1. The smallest absolute Gasteiger partial charge is 0.416 e. The lowest BCUT2D eigenvalue weighted by Gasteiger charge is -2.35. The van der Waals surface area contributed by atoms with Crippen LogP contribution < -0.4 is 16.8 Å². The monoisotopic (exact) mass is 776 g/mol. The number of halogens is 3. The second kappa shape index (κ2) is 14.1. The first-order valence-corrected chi connectivity index (χ1v) is 18.7. The number of alkyl halides is 3. The van der Waals surface area contributed by atoms with Crippen molar-refractivity contribution < 1.29 is 31.1 Å². The van der Waals surface area contributed by atoms with E-state index in [0.717, 1.165) is 49.5 Å². The van der Waals surface area contributed by atoms with E-state index in [9.17, 15) is 40.8 Å². The number of carbonyl (C=O) groups excluding carboxylic acids is 1. The predicted octanol–water partition coefficient (Wildman–Crippen LogP) is 4.22. The molecule has 7 rings (SSSR count). The molecule has 0 fully saturated rings. The lowest BCUT2D eigenvalue weighted by atomic mass is 9.93. The molecule has 55 heavy (non-hydrogen) atoms. The van der Waals surface area contributed by atoms with E-state index in [2.05, 4.69) is 4.98 Å². The molecular weight excluding hydrogens is 742 g/mol. The summed E-state index contributed by atoms with van der Waals surface area (Å²) in [4.78, 5) is 56.8. The SMILES string of the molecule is COC(=O)C1CN(CCCCn2cnc3c2c(=O)n(C)c(=O)n3C)S(=O)(=O)c2c(-c3cccc(C(F)(F)F)c3)c(Cc3cccc4ccccc34)cc(=O)n21. The van der Waals surface area contributed by atoms with Gasteiger partial charge in [0, 0.05) is 45.4 Å². The Kier molecular flexibility index (Phi) is 9.63. The number of sulfonamides is 1. The molecule has 1 unspecified atom stereocenters. The summed E-state index contributed by atoms with van der Waals surface area (Å²) in [7, 11) is -0.721. The lowest BCUT2D eigenvalue weighted by Crippen LogP contribution is -2.50.